The molecule has 1 aliphatic rings. The van der Waals surface area contributed by atoms with Gasteiger partial charge in [0.15, 0.2) is 0 Å². The first-order valence-electron chi connectivity index (χ1n) is 11.6. The number of halogens is 1. The lowest BCUT2D eigenvalue weighted by Gasteiger charge is -2.26. The molecule has 34 heavy (non-hydrogen) atoms. The number of aromatic nitrogens is 2. The van der Waals surface area contributed by atoms with Crippen LogP contribution < -0.4 is 9.47 Å². The molecule has 1 saturated heterocycles. The van der Waals surface area contributed by atoms with Gasteiger partial charge in [-0.05, 0) is 80.5 Å². The van der Waals surface area contributed by atoms with Gasteiger partial charge in [0, 0.05) is 16.6 Å². The molecule has 6 nitrogen and oxygen atoms in total. The average molecular weight is 520 g/mol. The molecule has 174 valence electrons. The van der Waals surface area contributed by atoms with Crippen molar-refractivity contribution >= 4 is 15.9 Å². The van der Waals surface area contributed by atoms with Gasteiger partial charge in [0.1, 0.15) is 23.9 Å². The molecule has 2 heterocycles. The molecule has 0 bridgehead atoms. The summed E-state index contributed by atoms with van der Waals surface area (Å²) >= 11 is 3.51. The minimum Gasteiger partial charge on any atom is -0.492 e. The Bertz CT molecular complexity index is 1210. The van der Waals surface area contributed by atoms with E-state index in [1.807, 2.05) is 72.8 Å². The van der Waals surface area contributed by atoms with Gasteiger partial charge in [0.25, 0.3) is 5.89 Å². The van der Waals surface area contributed by atoms with E-state index in [1.165, 1.54) is 32.4 Å². The van der Waals surface area contributed by atoms with E-state index in [0.717, 1.165) is 33.6 Å². The summed E-state index contributed by atoms with van der Waals surface area (Å²) in [7, 11) is 0. The number of hydrogen-bond donors (Lipinski definition) is 0. The molecule has 1 fully saturated rings. The first-order chi connectivity index (χ1) is 16.7. The van der Waals surface area contributed by atoms with Crippen LogP contribution >= 0.6 is 15.9 Å². The van der Waals surface area contributed by atoms with Crippen molar-refractivity contribution in [1.82, 2.24) is 15.0 Å². The molecule has 0 aliphatic carbocycles. The number of likely N-dealkylation sites (tertiary alicyclic amines) is 1. The van der Waals surface area contributed by atoms with Gasteiger partial charge in [0.2, 0.25) is 5.82 Å². The Morgan fingerprint density at radius 2 is 1.68 bits per heavy atom. The lowest BCUT2D eigenvalue weighted by molar-refractivity contribution is 0.183. The summed E-state index contributed by atoms with van der Waals surface area (Å²) in [5.74, 6) is 3.14. The first-order valence-corrected chi connectivity index (χ1v) is 12.4. The van der Waals surface area contributed by atoms with E-state index in [0.29, 0.717) is 24.1 Å². The van der Waals surface area contributed by atoms with Gasteiger partial charge < -0.3 is 14.0 Å². The summed E-state index contributed by atoms with van der Waals surface area (Å²) in [5, 5.41) is 4.20. The number of rotatable bonds is 8. The number of hydrogen-bond acceptors (Lipinski definition) is 6. The minimum atomic E-state index is 0.448. The lowest BCUT2D eigenvalue weighted by Crippen LogP contribution is -2.33. The molecule has 5 rings (SSSR count). The number of ether oxygens (including phenoxy) is 2. The summed E-state index contributed by atoms with van der Waals surface area (Å²) in [4.78, 5) is 7.08. The van der Waals surface area contributed by atoms with Gasteiger partial charge in [-0.3, -0.25) is 4.90 Å². The molecule has 0 amide bonds. The summed E-state index contributed by atoms with van der Waals surface area (Å²) in [6.45, 7) is 4.02. The Kier molecular flexibility index (Phi) is 7.22. The predicted octanol–water partition coefficient (Wildman–Crippen LogP) is 6.82. The van der Waals surface area contributed by atoms with Crippen LogP contribution in [0.4, 0.5) is 0 Å². The zero-order valence-electron chi connectivity index (χ0n) is 18.8. The summed E-state index contributed by atoms with van der Waals surface area (Å²) < 4.78 is 18.5. The van der Waals surface area contributed by atoms with E-state index in [-0.39, 0.29) is 0 Å². The summed E-state index contributed by atoms with van der Waals surface area (Å²) in [6.07, 6.45) is 3.93. The Labute approximate surface area is 207 Å². The number of benzene rings is 3. The van der Waals surface area contributed by atoms with Crippen LogP contribution in [0.2, 0.25) is 0 Å². The average Bonchev–Trinajstić information content (AvgIpc) is 3.36. The minimum absolute atomic E-state index is 0.448. The van der Waals surface area contributed by atoms with Crippen molar-refractivity contribution in [1.29, 1.82) is 0 Å². The quantitative estimate of drug-likeness (QED) is 0.254. The van der Waals surface area contributed by atoms with E-state index in [9.17, 15) is 0 Å². The number of nitrogens with zero attached hydrogens (tertiary/aromatic N) is 3. The second-order valence-corrected chi connectivity index (χ2v) is 9.17. The van der Waals surface area contributed by atoms with Gasteiger partial charge in [-0.2, -0.15) is 4.98 Å². The third-order valence-corrected chi connectivity index (χ3v) is 6.30. The maximum atomic E-state index is 6.09. The van der Waals surface area contributed by atoms with Crippen LogP contribution in [0.25, 0.3) is 22.8 Å². The summed E-state index contributed by atoms with van der Waals surface area (Å²) in [5.41, 5.74) is 1.59. The molecule has 1 aromatic heterocycles. The highest BCUT2D eigenvalue weighted by molar-refractivity contribution is 9.10. The van der Waals surface area contributed by atoms with Gasteiger partial charge in [-0.15, -0.1) is 0 Å². The molecule has 7 heteroatoms. The third-order valence-electron chi connectivity index (χ3n) is 5.81. The Balaban J connectivity index is 1.27. The van der Waals surface area contributed by atoms with Crippen LogP contribution in [0.15, 0.2) is 81.8 Å². The van der Waals surface area contributed by atoms with E-state index in [1.54, 1.807) is 0 Å². The maximum Gasteiger partial charge on any atom is 0.258 e. The zero-order chi connectivity index (χ0) is 23.2. The highest BCUT2D eigenvalue weighted by Gasteiger charge is 2.16. The van der Waals surface area contributed by atoms with Gasteiger partial charge in [-0.25, -0.2) is 0 Å². The second kappa shape index (κ2) is 10.8. The Hall–Kier alpha value is -3.16. The van der Waals surface area contributed by atoms with Crippen LogP contribution in [-0.4, -0.2) is 41.3 Å². The zero-order valence-corrected chi connectivity index (χ0v) is 20.4. The molecular formula is C27H26BrN3O3. The van der Waals surface area contributed by atoms with Crippen molar-refractivity contribution in [3.05, 3.63) is 77.3 Å². The van der Waals surface area contributed by atoms with Crippen molar-refractivity contribution in [3.8, 4) is 40.1 Å². The Morgan fingerprint density at radius 3 is 2.47 bits per heavy atom. The topological polar surface area (TPSA) is 60.6 Å². The molecule has 0 spiro atoms. The monoisotopic (exact) mass is 519 g/mol. The second-order valence-electron chi connectivity index (χ2n) is 8.25. The van der Waals surface area contributed by atoms with E-state index < -0.39 is 0 Å². The fourth-order valence-electron chi connectivity index (χ4n) is 4.00. The first kappa shape index (κ1) is 22.6. The van der Waals surface area contributed by atoms with Crippen LogP contribution in [0.1, 0.15) is 19.3 Å². The van der Waals surface area contributed by atoms with Crippen molar-refractivity contribution in [2.24, 2.45) is 0 Å². The van der Waals surface area contributed by atoms with Crippen LogP contribution in [0.5, 0.6) is 17.2 Å². The molecule has 0 atom stereocenters. The van der Waals surface area contributed by atoms with Crippen LogP contribution in [0.3, 0.4) is 0 Å². The number of piperidine rings is 1. The van der Waals surface area contributed by atoms with Crippen molar-refractivity contribution in [2.45, 2.75) is 19.3 Å². The van der Waals surface area contributed by atoms with Gasteiger partial charge >= 0.3 is 0 Å². The van der Waals surface area contributed by atoms with E-state index in [4.69, 9.17) is 14.0 Å². The van der Waals surface area contributed by atoms with Crippen molar-refractivity contribution in [2.75, 3.05) is 26.2 Å². The smallest absolute Gasteiger partial charge is 0.258 e. The molecule has 0 radical (unpaired) electrons. The SMILES string of the molecule is Brc1ccc(-c2noc(-c3ccc(OCCN4CCCCC4)cc3)n2)c(Oc2ccccc2)c1. The van der Waals surface area contributed by atoms with Crippen molar-refractivity contribution in [3.63, 3.8) is 0 Å². The van der Waals surface area contributed by atoms with Crippen LogP contribution in [-0.2, 0) is 0 Å². The van der Waals surface area contributed by atoms with E-state index in [2.05, 4.69) is 31.0 Å². The van der Waals surface area contributed by atoms with E-state index >= 15 is 0 Å². The molecular weight excluding hydrogens is 494 g/mol. The predicted molar refractivity (Wildman–Crippen MR) is 135 cm³/mol. The fourth-order valence-corrected chi connectivity index (χ4v) is 4.34. The summed E-state index contributed by atoms with van der Waals surface area (Å²) in [6, 6.07) is 23.1. The lowest BCUT2D eigenvalue weighted by atomic mass is 10.1. The van der Waals surface area contributed by atoms with Crippen molar-refractivity contribution < 1.29 is 14.0 Å². The maximum absolute atomic E-state index is 6.09. The largest absolute Gasteiger partial charge is 0.492 e. The normalized spacial score (nSPS) is 14.1. The molecule has 3 aromatic carbocycles. The molecule has 0 unspecified atom stereocenters. The molecule has 0 saturated carbocycles. The molecule has 0 N–H and O–H groups in total. The Morgan fingerprint density at radius 1 is 0.882 bits per heavy atom. The fraction of sp³-hybridized carbons (Fsp3) is 0.259. The standard InChI is InChI=1S/C27H26BrN3O3/c28-21-11-14-24(25(19-21)33-23-7-3-1-4-8-23)26-29-27(34-30-26)20-9-12-22(13-10-20)32-18-17-31-15-5-2-6-16-31/h1,3-4,7-14,19H,2,5-6,15-18H2. The highest BCUT2D eigenvalue weighted by Crippen LogP contribution is 2.35. The molecule has 1 aliphatic heterocycles. The molecule has 4 aromatic rings. The number of para-hydroxylation sites is 1. The van der Waals surface area contributed by atoms with Crippen LogP contribution in [0, 0.1) is 0 Å². The van der Waals surface area contributed by atoms with Gasteiger partial charge in [-0.1, -0.05) is 45.7 Å². The van der Waals surface area contributed by atoms with Gasteiger partial charge in [0.05, 0.1) is 5.56 Å². The third kappa shape index (κ3) is 5.66. The highest BCUT2D eigenvalue weighted by atomic mass is 79.9.